The van der Waals surface area contributed by atoms with E-state index in [0.29, 0.717) is 11.3 Å². The van der Waals surface area contributed by atoms with E-state index in [-0.39, 0.29) is 29.3 Å². The molecule has 6 heteroatoms. The van der Waals surface area contributed by atoms with E-state index in [1.165, 1.54) is 18.9 Å². The number of methoxy groups -OCH3 is 1. The second-order valence-electron chi connectivity index (χ2n) is 4.14. The van der Waals surface area contributed by atoms with Gasteiger partial charge in [0.15, 0.2) is 0 Å². The maximum Gasteiger partial charge on any atom is 0.306 e. The number of thioether (sulfide) groups is 1. The third-order valence-electron chi connectivity index (χ3n) is 2.46. The predicted molar refractivity (Wildman–Crippen MR) is 78.3 cm³/mol. The van der Waals surface area contributed by atoms with Gasteiger partial charge in [0.1, 0.15) is 0 Å². The molecule has 0 heterocycles. The Kier molecular flexibility index (Phi) is 6.60. The Bertz CT molecular complexity index is 525. The molecule has 0 radical (unpaired) electrons. The summed E-state index contributed by atoms with van der Waals surface area (Å²) in [4.78, 5) is 22.8. The van der Waals surface area contributed by atoms with Gasteiger partial charge >= 0.3 is 5.97 Å². The standard InChI is InChI=1S/C14H16N2O3S/c1-10(6-14(18)19-2)20-9-13(17)16-12-5-3-4-11(7-12)8-15/h3-5,7,10H,6,9H2,1-2H3,(H,16,17). The molecule has 0 saturated heterocycles. The van der Waals surface area contributed by atoms with Crippen molar-refractivity contribution < 1.29 is 14.3 Å². The van der Waals surface area contributed by atoms with Crippen LogP contribution in [0.4, 0.5) is 5.69 Å². The van der Waals surface area contributed by atoms with Gasteiger partial charge in [-0.05, 0) is 18.2 Å². The molecule has 106 valence electrons. The Morgan fingerprint density at radius 3 is 2.90 bits per heavy atom. The first kappa shape index (κ1) is 16.1. The van der Waals surface area contributed by atoms with Gasteiger partial charge < -0.3 is 10.1 Å². The number of benzene rings is 1. The molecular weight excluding hydrogens is 276 g/mol. The average Bonchev–Trinajstić information content (AvgIpc) is 2.45. The van der Waals surface area contributed by atoms with Crippen LogP contribution in [0.15, 0.2) is 24.3 Å². The lowest BCUT2D eigenvalue weighted by Gasteiger charge is -2.10. The monoisotopic (exact) mass is 292 g/mol. The van der Waals surface area contributed by atoms with Gasteiger partial charge in [-0.2, -0.15) is 5.26 Å². The molecule has 0 fully saturated rings. The number of hydrogen-bond acceptors (Lipinski definition) is 5. The van der Waals surface area contributed by atoms with Crippen molar-refractivity contribution >= 4 is 29.3 Å². The SMILES string of the molecule is COC(=O)CC(C)SCC(=O)Nc1cccc(C#N)c1. The molecule has 0 aliphatic rings. The summed E-state index contributed by atoms with van der Waals surface area (Å²) in [7, 11) is 1.34. The quantitative estimate of drug-likeness (QED) is 0.813. The van der Waals surface area contributed by atoms with Crippen LogP contribution in [0.3, 0.4) is 0 Å². The molecule has 1 unspecified atom stereocenters. The summed E-state index contributed by atoms with van der Waals surface area (Å²) in [5.41, 5.74) is 1.09. The highest BCUT2D eigenvalue weighted by molar-refractivity contribution is 8.00. The maximum absolute atomic E-state index is 11.7. The minimum absolute atomic E-state index is 0.0126. The van der Waals surface area contributed by atoms with Crippen LogP contribution in [-0.4, -0.2) is 30.0 Å². The number of carbonyl (C=O) groups is 2. The Hall–Kier alpha value is -2.00. The van der Waals surface area contributed by atoms with Gasteiger partial charge in [-0.1, -0.05) is 13.0 Å². The Morgan fingerprint density at radius 2 is 2.25 bits per heavy atom. The molecule has 0 aliphatic carbocycles. The topological polar surface area (TPSA) is 79.2 Å². The summed E-state index contributed by atoms with van der Waals surface area (Å²) in [6, 6.07) is 8.73. The summed E-state index contributed by atoms with van der Waals surface area (Å²) < 4.78 is 4.57. The molecule has 1 amide bonds. The number of esters is 1. The largest absolute Gasteiger partial charge is 0.469 e. The Morgan fingerprint density at radius 1 is 1.50 bits per heavy atom. The van der Waals surface area contributed by atoms with Gasteiger partial charge in [-0.15, -0.1) is 11.8 Å². The molecule has 0 spiro atoms. The van der Waals surface area contributed by atoms with E-state index < -0.39 is 0 Å². The van der Waals surface area contributed by atoms with E-state index >= 15 is 0 Å². The average molecular weight is 292 g/mol. The zero-order valence-corrected chi connectivity index (χ0v) is 12.2. The fourth-order valence-electron chi connectivity index (χ4n) is 1.46. The summed E-state index contributed by atoms with van der Waals surface area (Å²) in [5.74, 6) is -0.205. The van der Waals surface area contributed by atoms with Crippen molar-refractivity contribution in [1.82, 2.24) is 0 Å². The normalized spacial score (nSPS) is 11.2. The smallest absolute Gasteiger partial charge is 0.306 e. The Balaban J connectivity index is 2.40. The summed E-state index contributed by atoms with van der Waals surface area (Å²) >= 11 is 1.38. The molecule has 1 N–H and O–H groups in total. The molecule has 0 saturated carbocycles. The number of nitrogens with one attached hydrogen (secondary N) is 1. The molecular formula is C14H16N2O3S. The van der Waals surface area contributed by atoms with Gasteiger partial charge in [-0.3, -0.25) is 9.59 Å². The van der Waals surface area contributed by atoms with Crippen LogP contribution in [-0.2, 0) is 14.3 Å². The third kappa shape index (κ3) is 5.76. The lowest BCUT2D eigenvalue weighted by atomic mass is 10.2. The predicted octanol–water partition coefficient (Wildman–Crippen LogP) is 2.18. The molecule has 0 aromatic heterocycles. The van der Waals surface area contributed by atoms with E-state index in [1.807, 2.05) is 13.0 Å². The van der Waals surface area contributed by atoms with Crippen molar-refractivity contribution in [3.05, 3.63) is 29.8 Å². The molecule has 1 aromatic rings. The molecule has 1 atom stereocenters. The zero-order chi connectivity index (χ0) is 15.0. The molecule has 1 aromatic carbocycles. The van der Waals surface area contributed by atoms with E-state index in [9.17, 15) is 9.59 Å². The highest BCUT2D eigenvalue weighted by Gasteiger charge is 2.12. The number of hydrogen-bond donors (Lipinski definition) is 1. The number of rotatable bonds is 6. The second-order valence-corrected chi connectivity index (χ2v) is 5.57. The molecule has 0 bridgehead atoms. The van der Waals surface area contributed by atoms with E-state index in [0.717, 1.165) is 0 Å². The van der Waals surface area contributed by atoms with Crippen LogP contribution >= 0.6 is 11.8 Å². The number of nitrogens with zero attached hydrogens (tertiary/aromatic N) is 1. The van der Waals surface area contributed by atoms with Crippen LogP contribution < -0.4 is 5.32 Å². The summed E-state index contributed by atoms with van der Waals surface area (Å²) in [6.07, 6.45) is 0.276. The summed E-state index contributed by atoms with van der Waals surface area (Å²) in [5, 5.41) is 11.5. The van der Waals surface area contributed by atoms with Crippen LogP contribution in [0.2, 0.25) is 0 Å². The van der Waals surface area contributed by atoms with Crippen molar-refractivity contribution in [2.45, 2.75) is 18.6 Å². The minimum atomic E-state index is -0.285. The van der Waals surface area contributed by atoms with Crippen LogP contribution in [0, 0.1) is 11.3 Å². The first-order valence-electron chi connectivity index (χ1n) is 6.03. The summed E-state index contributed by atoms with van der Waals surface area (Å²) in [6.45, 7) is 1.87. The van der Waals surface area contributed by atoms with E-state index in [1.54, 1.807) is 24.3 Å². The van der Waals surface area contributed by atoms with Crippen LogP contribution in [0.5, 0.6) is 0 Å². The van der Waals surface area contributed by atoms with E-state index in [2.05, 4.69) is 10.1 Å². The van der Waals surface area contributed by atoms with Gasteiger partial charge in [0.25, 0.3) is 0 Å². The van der Waals surface area contributed by atoms with E-state index in [4.69, 9.17) is 5.26 Å². The van der Waals surface area contributed by atoms with Crippen molar-refractivity contribution in [2.75, 3.05) is 18.2 Å². The lowest BCUT2D eigenvalue weighted by molar-refractivity contribution is -0.140. The van der Waals surface area contributed by atoms with Gasteiger partial charge in [0, 0.05) is 10.9 Å². The first-order chi connectivity index (χ1) is 9.55. The highest BCUT2D eigenvalue weighted by Crippen LogP contribution is 2.16. The molecule has 20 heavy (non-hydrogen) atoms. The fraction of sp³-hybridized carbons (Fsp3) is 0.357. The van der Waals surface area contributed by atoms with Gasteiger partial charge in [0.05, 0.1) is 30.9 Å². The van der Waals surface area contributed by atoms with Crippen molar-refractivity contribution in [3.63, 3.8) is 0 Å². The second kappa shape index (κ2) is 8.23. The number of ether oxygens (including phenoxy) is 1. The first-order valence-corrected chi connectivity index (χ1v) is 7.08. The maximum atomic E-state index is 11.7. The molecule has 5 nitrogen and oxygen atoms in total. The van der Waals surface area contributed by atoms with Crippen LogP contribution in [0.25, 0.3) is 0 Å². The van der Waals surface area contributed by atoms with Crippen LogP contribution in [0.1, 0.15) is 18.9 Å². The number of amides is 1. The zero-order valence-electron chi connectivity index (χ0n) is 11.4. The molecule has 0 aliphatic heterocycles. The molecule has 1 rings (SSSR count). The number of anilines is 1. The highest BCUT2D eigenvalue weighted by atomic mass is 32.2. The minimum Gasteiger partial charge on any atom is -0.469 e. The fourth-order valence-corrected chi connectivity index (χ4v) is 2.22. The van der Waals surface area contributed by atoms with Crippen molar-refractivity contribution in [1.29, 1.82) is 5.26 Å². The van der Waals surface area contributed by atoms with Crippen molar-refractivity contribution in [2.24, 2.45) is 0 Å². The Labute approximate surface area is 122 Å². The van der Waals surface area contributed by atoms with Crippen molar-refractivity contribution in [3.8, 4) is 6.07 Å². The lowest BCUT2D eigenvalue weighted by Crippen LogP contribution is -2.17. The van der Waals surface area contributed by atoms with Gasteiger partial charge in [-0.25, -0.2) is 0 Å². The van der Waals surface area contributed by atoms with Gasteiger partial charge in [0.2, 0.25) is 5.91 Å². The third-order valence-corrected chi connectivity index (χ3v) is 3.62. The number of nitriles is 1. The number of carbonyl (C=O) groups excluding carboxylic acids is 2.